The number of fused-ring (bicyclic) bond motifs is 1. The first-order chi connectivity index (χ1) is 7.55. The quantitative estimate of drug-likeness (QED) is 0.734. The molecule has 3 aliphatic rings. The van der Waals surface area contributed by atoms with Crippen molar-refractivity contribution in [2.24, 2.45) is 5.92 Å². The molecule has 0 spiro atoms. The van der Waals surface area contributed by atoms with Gasteiger partial charge in [0, 0.05) is 31.5 Å². The number of nitrogens with one attached hydrogen (secondary N) is 1. The molecule has 2 unspecified atom stereocenters. The molecule has 0 aromatic carbocycles. The molecule has 1 N–H and O–H groups in total. The van der Waals surface area contributed by atoms with Gasteiger partial charge in [-0.15, -0.1) is 0 Å². The second-order valence-corrected chi connectivity index (χ2v) is 5.32. The molecule has 1 saturated heterocycles. The van der Waals surface area contributed by atoms with Gasteiger partial charge in [0.2, 0.25) is 0 Å². The number of urea groups is 1. The van der Waals surface area contributed by atoms with E-state index in [0.29, 0.717) is 12.0 Å². The van der Waals surface area contributed by atoms with Crippen LogP contribution in [0.2, 0.25) is 0 Å². The van der Waals surface area contributed by atoms with E-state index in [0.717, 1.165) is 13.0 Å². The van der Waals surface area contributed by atoms with Crippen molar-refractivity contribution < 1.29 is 13.6 Å². The van der Waals surface area contributed by atoms with E-state index in [1.165, 1.54) is 12.8 Å². The van der Waals surface area contributed by atoms with Gasteiger partial charge in [-0.05, 0) is 18.8 Å². The third kappa shape index (κ3) is 1.57. The molecule has 90 valence electrons. The van der Waals surface area contributed by atoms with Crippen molar-refractivity contribution in [3.8, 4) is 0 Å². The number of likely N-dealkylation sites (tertiary alicyclic amines) is 1. The Balaban J connectivity index is 1.48. The molecule has 3 fully saturated rings. The summed E-state index contributed by atoms with van der Waals surface area (Å²) >= 11 is 0. The third-order valence-corrected chi connectivity index (χ3v) is 4.13. The number of halogens is 2. The Bertz CT molecular complexity index is 313. The van der Waals surface area contributed by atoms with Gasteiger partial charge in [0.05, 0.1) is 0 Å². The lowest BCUT2D eigenvalue weighted by Gasteiger charge is -2.46. The molecule has 0 aromatic rings. The SMILES string of the molecule is O=C(NC1CC(F)(F)C1)N1CC2CCCC21. The normalized spacial score (nSPS) is 36.2. The summed E-state index contributed by atoms with van der Waals surface area (Å²) in [5, 5.41) is 2.69. The molecule has 0 radical (unpaired) electrons. The van der Waals surface area contributed by atoms with Gasteiger partial charge in [0.25, 0.3) is 5.92 Å². The van der Waals surface area contributed by atoms with Crippen molar-refractivity contribution in [1.29, 1.82) is 0 Å². The van der Waals surface area contributed by atoms with Crippen molar-refractivity contribution in [3.63, 3.8) is 0 Å². The number of carbonyl (C=O) groups is 1. The second-order valence-electron chi connectivity index (χ2n) is 5.32. The van der Waals surface area contributed by atoms with Crippen LogP contribution >= 0.6 is 0 Å². The van der Waals surface area contributed by atoms with Crippen LogP contribution in [0.1, 0.15) is 32.1 Å². The summed E-state index contributed by atoms with van der Waals surface area (Å²) < 4.78 is 25.2. The van der Waals surface area contributed by atoms with Crippen molar-refractivity contribution in [2.45, 2.75) is 50.1 Å². The van der Waals surface area contributed by atoms with Gasteiger partial charge in [0.1, 0.15) is 0 Å². The molecule has 2 aliphatic carbocycles. The summed E-state index contributed by atoms with van der Waals surface area (Å²) in [4.78, 5) is 13.6. The Morgan fingerprint density at radius 1 is 1.31 bits per heavy atom. The van der Waals surface area contributed by atoms with Crippen LogP contribution in [0.25, 0.3) is 0 Å². The highest BCUT2D eigenvalue weighted by Crippen LogP contribution is 2.40. The maximum Gasteiger partial charge on any atom is 0.317 e. The summed E-state index contributed by atoms with van der Waals surface area (Å²) in [5.41, 5.74) is 0. The summed E-state index contributed by atoms with van der Waals surface area (Å²) in [5.74, 6) is -1.88. The van der Waals surface area contributed by atoms with Gasteiger partial charge in [-0.2, -0.15) is 0 Å². The highest BCUT2D eigenvalue weighted by Gasteiger charge is 2.49. The van der Waals surface area contributed by atoms with Crippen LogP contribution in [0.5, 0.6) is 0 Å². The number of alkyl halides is 2. The minimum absolute atomic E-state index is 0.136. The molecule has 3 rings (SSSR count). The average molecular weight is 230 g/mol. The van der Waals surface area contributed by atoms with E-state index < -0.39 is 5.92 Å². The molecule has 5 heteroatoms. The van der Waals surface area contributed by atoms with Crippen LogP contribution < -0.4 is 5.32 Å². The van der Waals surface area contributed by atoms with Crippen LogP contribution in [0.3, 0.4) is 0 Å². The molecule has 16 heavy (non-hydrogen) atoms. The van der Waals surface area contributed by atoms with E-state index in [1.807, 2.05) is 4.90 Å². The van der Waals surface area contributed by atoms with E-state index >= 15 is 0 Å². The van der Waals surface area contributed by atoms with Crippen molar-refractivity contribution in [3.05, 3.63) is 0 Å². The number of amides is 2. The highest BCUT2D eigenvalue weighted by molar-refractivity contribution is 5.76. The maximum atomic E-state index is 12.6. The molecule has 0 aromatic heterocycles. The first-order valence-electron chi connectivity index (χ1n) is 6.00. The van der Waals surface area contributed by atoms with Crippen molar-refractivity contribution in [1.82, 2.24) is 10.2 Å². The van der Waals surface area contributed by atoms with Gasteiger partial charge >= 0.3 is 6.03 Å². The molecule has 0 bridgehead atoms. The fourth-order valence-corrected chi connectivity index (χ4v) is 3.14. The predicted octanol–water partition coefficient (Wildman–Crippen LogP) is 1.98. The van der Waals surface area contributed by atoms with Gasteiger partial charge in [-0.25, -0.2) is 13.6 Å². The van der Waals surface area contributed by atoms with Crippen LogP contribution in [-0.4, -0.2) is 35.5 Å². The van der Waals surface area contributed by atoms with Crippen LogP contribution in [0.4, 0.5) is 13.6 Å². The van der Waals surface area contributed by atoms with Gasteiger partial charge in [-0.1, -0.05) is 6.42 Å². The monoisotopic (exact) mass is 230 g/mol. The second kappa shape index (κ2) is 3.31. The lowest BCUT2D eigenvalue weighted by molar-refractivity contribution is -0.0912. The Kier molecular flexibility index (Phi) is 2.13. The topological polar surface area (TPSA) is 32.3 Å². The van der Waals surface area contributed by atoms with Gasteiger partial charge in [0.15, 0.2) is 0 Å². The van der Waals surface area contributed by atoms with Crippen molar-refractivity contribution in [2.75, 3.05) is 6.54 Å². The largest absolute Gasteiger partial charge is 0.335 e. The fraction of sp³-hybridized carbons (Fsp3) is 0.909. The lowest BCUT2D eigenvalue weighted by Crippen LogP contribution is -2.62. The number of hydrogen-bond donors (Lipinski definition) is 1. The third-order valence-electron chi connectivity index (χ3n) is 4.13. The predicted molar refractivity (Wildman–Crippen MR) is 54.3 cm³/mol. The molecule has 3 nitrogen and oxygen atoms in total. The van der Waals surface area contributed by atoms with E-state index in [2.05, 4.69) is 5.32 Å². The van der Waals surface area contributed by atoms with Crippen molar-refractivity contribution >= 4 is 6.03 Å². The molecular formula is C11H16F2N2O. The van der Waals surface area contributed by atoms with Gasteiger partial charge < -0.3 is 10.2 Å². The number of rotatable bonds is 1. The smallest absolute Gasteiger partial charge is 0.317 e. The van der Waals surface area contributed by atoms with E-state index in [4.69, 9.17) is 0 Å². The molecule has 2 atom stereocenters. The van der Waals surface area contributed by atoms with Crippen LogP contribution in [0, 0.1) is 5.92 Å². The molecule has 1 heterocycles. The first kappa shape index (κ1) is 10.3. The lowest BCUT2D eigenvalue weighted by atomic mass is 9.88. The minimum Gasteiger partial charge on any atom is -0.335 e. The van der Waals surface area contributed by atoms with E-state index in [1.54, 1.807) is 0 Å². The summed E-state index contributed by atoms with van der Waals surface area (Å²) in [7, 11) is 0. The van der Waals surface area contributed by atoms with Gasteiger partial charge in [-0.3, -0.25) is 0 Å². The standard InChI is InChI=1S/C11H16F2N2O/c12-11(13)4-8(5-11)14-10(16)15-6-7-2-1-3-9(7)15/h7-9H,1-6H2,(H,14,16). The number of hydrogen-bond acceptors (Lipinski definition) is 1. The Morgan fingerprint density at radius 3 is 2.69 bits per heavy atom. The zero-order chi connectivity index (χ0) is 11.3. The average Bonchev–Trinajstić information content (AvgIpc) is 2.44. The highest BCUT2D eigenvalue weighted by atomic mass is 19.3. The fourth-order valence-electron chi connectivity index (χ4n) is 3.14. The van der Waals surface area contributed by atoms with Crippen LogP contribution in [-0.2, 0) is 0 Å². The number of nitrogens with zero attached hydrogens (tertiary/aromatic N) is 1. The zero-order valence-corrected chi connectivity index (χ0v) is 9.09. The Hall–Kier alpha value is -0.870. The summed E-state index contributed by atoms with van der Waals surface area (Å²) in [6, 6.07) is -0.0628. The molecule has 1 aliphatic heterocycles. The summed E-state index contributed by atoms with van der Waals surface area (Å²) in [6.45, 7) is 0.819. The summed E-state index contributed by atoms with van der Waals surface area (Å²) in [6.07, 6.45) is 3.11. The molecule has 2 amide bonds. The van der Waals surface area contributed by atoms with Crippen LogP contribution in [0.15, 0.2) is 0 Å². The Labute approximate surface area is 93.2 Å². The maximum absolute atomic E-state index is 12.6. The molecular weight excluding hydrogens is 214 g/mol. The number of carbonyl (C=O) groups excluding carboxylic acids is 1. The minimum atomic E-state index is -2.55. The van der Waals surface area contributed by atoms with E-state index in [9.17, 15) is 13.6 Å². The zero-order valence-electron chi connectivity index (χ0n) is 9.09. The first-order valence-corrected chi connectivity index (χ1v) is 6.00. The Morgan fingerprint density at radius 2 is 2.06 bits per heavy atom. The van der Waals surface area contributed by atoms with E-state index in [-0.39, 0.29) is 24.9 Å². The molecule has 2 saturated carbocycles.